The molecule has 5 nitrogen and oxygen atoms in total. The van der Waals surface area contributed by atoms with E-state index in [1.165, 1.54) is 12.8 Å². The Balaban J connectivity index is 1.72. The standard InChI is InChI=1S/C15H25N5/c1-13-4-3-5-20(11-13)15-10-14(16-12-17-15)19-8-6-18(2)7-9-19/h10,12-13H,3-9,11H2,1-2H3/t13-/m0/s1. The monoisotopic (exact) mass is 275 g/mol. The Morgan fingerprint density at radius 1 is 1.00 bits per heavy atom. The van der Waals surface area contributed by atoms with Gasteiger partial charge in [-0.1, -0.05) is 6.92 Å². The normalized spacial score (nSPS) is 25.0. The van der Waals surface area contributed by atoms with Crippen LogP contribution < -0.4 is 9.80 Å². The molecule has 5 heteroatoms. The summed E-state index contributed by atoms with van der Waals surface area (Å²) >= 11 is 0. The Labute approximate surface area is 121 Å². The Kier molecular flexibility index (Phi) is 4.05. The van der Waals surface area contributed by atoms with E-state index in [2.05, 4.69) is 44.7 Å². The zero-order chi connectivity index (χ0) is 13.9. The van der Waals surface area contributed by atoms with Crippen molar-refractivity contribution in [3.63, 3.8) is 0 Å². The van der Waals surface area contributed by atoms with Crippen LogP contribution in [-0.2, 0) is 0 Å². The van der Waals surface area contributed by atoms with E-state index in [0.717, 1.165) is 56.8 Å². The number of hydrogen-bond acceptors (Lipinski definition) is 5. The second kappa shape index (κ2) is 5.95. The molecule has 0 bridgehead atoms. The second-order valence-electron chi connectivity index (χ2n) is 6.22. The molecule has 0 saturated carbocycles. The zero-order valence-electron chi connectivity index (χ0n) is 12.6. The average Bonchev–Trinajstić information content (AvgIpc) is 2.48. The Bertz CT molecular complexity index is 442. The van der Waals surface area contributed by atoms with Crippen molar-refractivity contribution in [1.82, 2.24) is 14.9 Å². The minimum Gasteiger partial charge on any atom is -0.356 e. The third kappa shape index (κ3) is 3.03. The van der Waals surface area contributed by atoms with Gasteiger partial charge in [0.1, 0.15) is 18.0 Å². The lowest BCUT2D eigenvalue weighted by atomic mass is 10.0. The summed E-state index contributed by atoms with van der Waals surface area (Å²) in [4.78, 5) is 16.1. The lowest BCUT2D eigenvalue weighted by Crippen LogP contribution is -2.45. The highest BCUT2D eigenvalue weighted by atomic mass is 15.3. The number of rotatable bonds is 2. The molecule has 2 saturated heterocycles. The lowest BCUT2D eigenvalue weighted by Gasteiger charge is -2.35. The largest absolute Gasteiger partial charge is 0.356 e. The first-order valence-corrected chi connectivity index (χ1v) is 7.73. The quantitative estimate of drug-likeness (QED) is 0.816. The predicted octanol–water partition coefficient (Wildman–Crippen LogP) is 1.46. The smallest absolute Gasteiger partial charge is 0.134 e. The molecule has 0 radical (unpaired) electrons. The molecule has 0 amide bonds. The van der Waals surface area contributed by atoms with Crippen LogP contribution in [-0.4, -0.2) is 61.2 Å². The molecule has 0 aliphatic carbocycles. The van der Waals surface area contributed by atoms with Gasteiger partial charge in [-0.3, -0.25) is 0 Å². The SMILES string of the molecule is C[C@H]1CCCN(c2cc(N3CCN(C)CC3)ncn2)C1. The van der Waals surface area contributed by atoms with Crippen LogP contribution in [0, 0.1) is 5.92 Å². The van der Waals surface area contributed by atoms with Gasteiger partial charge in [-0.05, 0) is 25.8 Å². The van der Waals surface area contributed by atoms with Gasteiger partial charge in [-0.25, -0.2) is 9.97 Å². The molecule has 1 aromatic heterocycles. The first kappa shape index (κ1) is 13.6. The third-order valence-electron chi connectivity index (χ3n) is 4.45. The Hall–Kier alpha value is -1.36. The van der Waals surface area contributed by atoms with E-state index in [9.17, 15) is 0 Å². The maximum Gasteiger partial charge on any atom is 0.134 e. The van der Waals surface area contributed by atoms with E-state index in [1.807, 2.05) is 0 Å². The number of likely N-dealkylation sites (N-methyl/N-ethyl adjacent to an activating group) is 1. The molecule has 3 rings (SSSR count). The summed E-state index contributed by atoms with van der Waals surface area (Å²) in [7, 11) is 2.18. The van der Waals surface area contributed by atoms with E-state index in [4.69, 9.17) is 0 Å². The van der Waals surface area contributed by atoms with Crippen LogP contribution >= 0.6 is 0 Å². The summed E-state index contributed by atoms with van der Waals surface area (Å²) < 4.78 is 0. The van der Waals surface area contributed by atoms with E-state index in [0.29, 0.717) is 0 Å². The molecule has 20 heavy (non-hydrogen) atoms. The number of aromatic nitrogens is 2. The summed E-state index contributed by atoms with van der Waals surface area (Å²) in [6.07, 6.45) is 4.34. The minimum absolute atomic E-state index is 0.769. The van der Waals surface area contributed by atoms with Crippen LogP contribution in [0.25, 0.3) is 0 Å². The molecule has 2 aliphatic heterocycles. The molecule has 2 fully saturated rings. The van der Waals surface area contributed by atoms with Crippen LogP contribution in [0.4, 0.5) is 11.6 Å². The summed E-state index contributed by atoms with van der Waals surface area (Å²) in [6.45, 7) is 8.92. The van der Waals surface area contributed by atoms with Gasteiger partial charge in [0.15, 0.2) is 0 Å². The Morgan fingerprint density at radius 2 is 1.70 bits per heavy atom. The van der Waals surface area contributed by atoms with Crippen molar-refractivity contribution in [3.05, 3.63) is 12.4 Å². The first-order chi connectivity index (χ1) is 9.72. The number of nitrogens with zero attached hydrogens (tertiary/aromatic N) is 5. The minimum atomic E-state index is 0.769. The van der Waals surface area contributed by atoms with Crippen LogP contribution in [0.2, 0.25) is 0 Å². The van der Waals surface area contributed by atoms with E-state index in [1.54, 1.807) is 6.33 Å². The van der Waals surface area contributed by atoms with Gasteiger partial charge in [-0.15, -0.1) is 0 Å². The highest BCUT2D eigenvalue weighted by Crippen LogP contribution is 2.23. The molecule has 110 valence electrons. The maximum atomic E-state index is 4.49. The van der Waals surface area contributed by atoms with Crippen molar-refractivity contribution in [1.29, 1.82) is 0 Å². The summed E-state index contributed by atoms with van der Waals surface area (Å²) in [5, 5.41) is 0. The second-order valence-corrected chi connectivity index (χ2v) is 6.22. The fraction of sp³-hybridized carbons (Fsp3) is 0.733. The van der Waals surface area contributed by atoms with Crippen LogP contribution in [0.3, 0.4) is 0 Å². The zero-order valence-corrected chi connectivity index (χ0v) is 12.6. The van der Waals surface area contributed by atoms with Crippen molar-refractivity contribution < 1.29 is 0 Å². The molecule has 0 N–H and O–H groups in total. The number of piperazine rings is 1. The molecule has 0 unspecified atom stereocenters. The Morgan fingerprint density at radius 3 is 2.40 bits per heavy atom. The van der Waals surface area contributed by atoms with Gasteiger partial charge < -0.3 is 14.7 Å². The van der Waals surface area contributed by atoms with Crippen molar-refractivity contribution in [3.8, 4) is 0 Å². The fourth-order valence-corrected chi connectivity index (χ4v) is 3.12. The maximum absolute atomic E-state index is 4.49. The van der Waals surface area contributed by atoms with Gasteiger partial charge in [0.05, 0.1) is 0 Å². The molecule has 0 aromatic carbocycles. The highest BCUT2D eigenvalue weighted by Gasteiger charge is 2.20. The molecule has 1 aromatic rings. The van der Waals surface area contributed by atoms with E-state index in [-0.39, 0.29) is 0 Å². The van der Waals surface area contributed by atoms with Crippen molar-refractivity contribution in [2.45, 2.75) is 19.8 Å². The van der Waals surface area contributed by atoms with Gasteiger partial charge >= 0.3 is 0 Å². The number of anilines is 2. The van der Waals surface area contributed by atoms with Crippen molar-refractivity contribution >= 4 is 11.6 Å². The molecule has 0 spiro atoms. The van der Waals surface area contributed by atoms with E-state index >= 15 is 0 Å². The predicted molar refractivity (Wildman–Crippen MR) is 82.4 cm³/mol. The third-order valence-corrected chi connectivity index (χ3v) is 4.45. The molecule has 2 aliphatic rings. The number of hydrogen-bond donors (Lipinski definition) is 0. The lowest BCUT2D eigenvalue weighted by molar-refractivity contribution is 0.312. The van der Waals surface area contributed by atoms with Crippen LogP contribution in [0.1, 0.15) is 19.8 Å². The summed E-state index contributed by atoms with van der Waals surface area (Å²) in [5.41, 5.74) is 0. The average molecular weight is 275 g/mol. The number of piperidine rings is 1. The van der Waals surface area contributed by atoms with Gasteiger partial charge in [0, 0.05) is 45.3 Å². The van der Waals surface area contributed by atoms with Gasteiger partial charge in [0.2, 0.25) is 0 Å². The highest BCUT2D eigenvalue weighted by molar-refractivity contribution is 5.50. The topological polar surface area (TPSA) is 35.5 Å². The summed E-state index contributed by atoms with van der Waals surface area (Å²) in [6, 6.07) is 2.17. The molecular formula is C15H25N5. The molecule has 1 atom stereocenters. The van der Waals surface area contributed by atoms with Crippen LogP contribution in [0.5, 0.6) is 0 Å². The van der Waals surface area contributed by atoms with Gasteiger partial charge in [-0.2, -0.15) is 0 Å². The molecular weight excluding hydrogens is 250 g/mol. The molecule has 3 heterocycles. The van der Waals surface area contributed by atoms with Crippen LogP contribution in [0.15, 0.2) is 12.4 Å². The van der Waals surface area contributed by atoms with Crippen molar-refractivity contribution in [2.75, 3.05) is 56.1 Å². The first-order valence-electron chi connectivity index (χ1n) is 7.73. The summed E-state index contributed by atoms with van der Waals surface area (Å²) in [5.74, 6) is 2.95. The van der Waals surface area contributed by atoms with Crippen molar-refractivity contribution in [2.24, 2.45) is 5.92 Å². The van der Waals surface area contributed by atoms with Gasteiger partial charge in [0.25, 0.3) is 0 Å². The fourth-order valence-electron chi connectivity index (χ4n) is 3.12. The van der Waals surface area contributed by atoms with E-state index < -0.39 is 0 Å².